The Balaban J connectivity index is 2.04. The van der Waals surface area contributed by atoms with Crippen LogP contribution in [0.5, 0.6) is 5.75 Å². The molecule has 2 heterocycles. The molecule has 2 aromatic heterocycles. The molecule has 0 fully saturated rings. The Bertz CT molecular complexity index is 597. The fourth-order valence-corrected chi connectivity index (χ4v) is 2.44. The van der Waals surface area contributed by atoms with Gasteiger partial charge in [0.05, 0.1) is 17.8 Å². The number of hydrogen-bond donors (Lipinski definition) is 0. The van der Waals surface area contributed by atoms with E-state index in [4.69, 9.17) is 16.3 Å². The first-order valence-electron chi connectivity index (χ1n) is 5.52. The second kappa shape index (κ2) is 6.04. The Morgan fingerprint density at radius 1 is 1.47 bits per heavy atom. The van der Waals surface area contributed by atoms with Crippen molar-refractivity contribution in [1.29, 1.82) is 0 Å². The van der Waals surface area contributed by atoms with Crippen molar-refractivity contribution in [2.24, 2.45) is 0 Å². The van der Waals surface area contributed by atoms with Crippen molar-refractivity contribution >= 4 is 28.9 Å². The molecule has 0 aliphatic carbocycles. The third kappa shape index (κ3) is 3.45. The predicted molar refractivity (Wildman–Crippen MR) is 74.0 cm³/mol. The van der Waals surface area contributed by atoms with E-state index < -0.39 is 0 Å². The average molecular weight is 298 g/mol. The summed E-state index contributed by atoms with van der Waals surface area (Å²) in [6, 6.07) is 5.28. The van der Waals surface area contributed by atoms with Crippen LogP contribution >= 0.6 is 22.9 Å². The molecule has 0 aliphatic rings. The summed E-state index contributed by atoms with van der Waals surface area (Å²) >= 11 is 7.20. The monoisotopic (exact) mass is 297 g/mol. The van der Waals surface area contributed by atoms with Crippen molar-refractivity contribution in [2.45, 2.75) is 13.5 Å². The van der Waals surface area contributed by atoms with Gasteiger partial charge in [0.1, 0.15) is 17.2 Å². The van der Waals surface area contributed by atoms with Crippen LogP contribution in [-0.4, -0.2) is 18.1 Å². The molecule has 0 aliphatic heterocycles. The highest BCUT2D eigenvalue weighted by Gasteiger charge is 2.10. The molecule has 0 saturated carbocycles. The minimum absolute atomic E-state index is 0.336. The molecule has 2 aromatic rings. The van der Waals surface area contributed by atoms with Gasteiger partial charge in [-0.05, 0) is 19.1 Å². The van der Waals surface area contributed by atoms with Gasteiger partial charge >= 0.3 is 5.97 Å². The van der Waals surface area contributed by atoms with Crippen LogP contribution in [0.2, 0.25) is 5.02 Å². The second-order valence-corrected chi connectivity index (χ2v) is 5.39. The van der Waals surface area contributed by atoms with Crippen LogP contribution in [0.3, 0.4) is 0 Å². The SMILES string of the molecule is COC(=O)c1ccc(COc2cc(Cl)cnc2C)s1. The number of pyridine rings is 1. The van der Waals surface area contributed by atoms with Gasteiger partial charge in [0, 0.05) is 17.1 Å². The quantitative estimate of drug-likeness (QED) is 0.811. The summed E-state index contributed by atoms with van der Waals surface area (Å²) in [5.74, 6) is 0.303. The number of methoxy groups -OCH3 is 1. The van der Waals surface area contributed by atoms with E-state index in [1.807, 2.05) is 13.0 Å². The van der Waals surface area contributed by atoms with E-state index in [9.17, 15) is 4.79 Å². The van der Waals surface area contributed by atoms with Crippen LogP contribution < -0.4 is 4.74 Å². The van der Waals surface area contributed by atoms with Crippen molar-refractivity contribution in [3.63, 3.8) is 0 Å². The van der Waals surface area contributed by atoms with E-state index in [0.29, 0.717) is 22.3 Å². The minimum Gasteiger partial charge on any atom is -0.486 e. The molecule has 0 amide bonds. The highest BCUT2D eigenvalue weighted by atomic mass is 35.5. The van der Waals surface area contributed by atoms with E-state index in [0.717, 1.165) is 10.6 Å². The first kappa shape index (κ1) is 13.8. The smallest absolute Gasteiger partial charge is 0.348 e. The second-order valence-electron chi connectivity index (χ2n) is 3.78. The maximum Gasteiger partial charge on any atom is 0.348 e. The van der Waals surface area contributed by atoms with E-state index in [1.54, 1.807) is 18.3 Å². The topological polar surface area (TPSA) is 48.4 Å². The molecule has 4 nitrogen and oxygen atoms in total. The van der Waals surface area contributed by atoms with Gasteiger partial charge in [-0.3, -0.25) is 4.98 Å². The summed E-state index contributed by atoms with van der Waals surface area (Å²) in [6.45, 7) is 2.21. The molecule has 0 saturated heterocycles. The standard InChI is InChI=1S/C13H12ClNO3S/c1-8-11(5-9(14)6-15-8)18-7-10-3-4-12(19-10)13(16)17-2/h3-6H,7H2,1-2H3. The zero-order valence-electron chi connectivity index (χ0n) is 10.5. The van der Waals surface area contributed by atoms with Crippen LogP contribution in [0.25, 0.3) is 0 Å². The molecule has 0 spiro atoms. The van der Waals surface area contributed by atoms with Gasteiger partial charge in [-0.25, -0.2) is 4.79 Å². The van der Waals surface area contributed by atoms with Crippen molar-refractivity contribution < 1.29 is 14.3 Å². The molecule has 0 unspecified atom stereocenters. The van der Waals surface area contributed by atoms with Crippen LogP contribution in [0, 0.1) is 6.92 Å². The van der Waals surface area contributed by atoms with Gasteiger partial charge in [0.15, 0.2) is 0 Å². The zero-order chi connectivity index (χ0) is 13.8. The molecule has 19 heavy (non-hydrogen) atoms. The van der Waals surface area contributed by atoms with E-state index in [2.05, 4.69) is 9.72 Å². The summed E-state index contributed by atoms with van der Waals surface area (Å²) in [4.78, 5) is 16.9. The molecule has 0 aromatic carbocycles. The van der Waals surface area contributed by atoms with Gasteiger partial charge < -0.3 is 9.47 Å². The molecule has 0 radical (unpaired) electrons. The van der Waals surface area contributed by atoms with E-state index in [1.165, 1.54) is 18.4 Å². The molecule has 0 bridgehead atoms. The number of carbonyl (C=O) groups excluding carboxylic acids is 1. The first-order valence-corrected chi connectivity index (χ1v) is 6.71. The Morgan fingerprint density at radius 3 is 3.00 bits per heavy atom. The first-order chi connectivity index (χ1) is 9.10. The highest BCUT2D eigenvalue weighted by molar-refractivity contribution is 7.13. The maximum absolute atomic E-state index is 11.3. The Hall–Kier alpha value is -1.59. The normalized spacial score (nSPS) is 10.3. The minimum atomic E-state index is -0.336. The van der Waals surface area contributed by atoms with Gasteiger partial charge in [0.25, 0.3) is 0 Å². The summed E-state index contributed by atoms with van der Waals surface area (Å²) in [6.07, 6.45) is 1.57. The fraction of sp³-hybridized carbons (Fsp3) is 0.231. The zero-order valence-corrected chi connectivity index (χ0v) is 12.0. The largest absolute Gasteiger partial charge is 0.486 e. The highest BCUT2D eigenvalue weighted by Crippen LogP contribution is 2.23. The number of halogens is 1. The molecule has 6 heteroatoms. The van der Waals surface area contributed by atoms with Crippen LogP contribution in [0.4, 0.5) is 0 Å². The molecular formula is C13H12ClNO3S. The molecule has 100 valence electrons. The van der Waals surface area contributed by atoms with E-state index in [-0.39, 0.29) is 5.97 Å². The summed E-state index contributed by atoms with van der Waals surface area (Å²) in [5.41, 5.74) is 0.772. The number of rotatable bonds is 4. The Morgan fingerprint density at radius 2 is 2.26 bits per heavy atom. The number of hydrogen-bond acceptors (Lipinski definition) is 5. The lowest BCUT2D eigenvalue weighted by Crippen LogP contribution is -1.97. The lowest BCUT2D eigenvalue weighted by Gasteiger charge is -2.07. The van der Waals surface area contributed by atoms with Crippen molar-refractivity contribution in [1.82, 2.24) is 4.98 Å². The van der Waals surface area contributed by atoms with Gasteiger partial charge in [-0.1, -0.05) is 11.6 Å². The third-order valence-electron chi connectivity index (χ3n) is 2.43. The molecule has 2 rings (SSSR count). The number of aromatic nitrogens is 1. The summed E-state index contributed by atoms with van der Waals surface area (Å²) in [5, 5.41) is 0.530. The van der Waals surface area contributed by atoms with Gasteiger partial charge in [-0.2, -0.15) is 0 Å². The summed E-state index contributed by atoms with van der Waals surface area (Å²) in [7, 11) is 1.36. The number of carbonyl (C=O) groups is 1. The van der Waals surface area contributed by atoms with Crippen molar-refractivity contribution in [2.75, 3.05) is 7.11 Å². The van der Waals surface area contributed by atoms with Crippen LogP contribution in [-0.2, 0) is 11.3 Å². The molecule has 0 atom stereocenters. The van der Waals surface area contributed by atoms with Gasteiger partial charge in [-0.15, -0.1) is 11.3 Å². The van der Waals surface area contributed by atoms with Crippen molar-refractivity contribution in [3.8, 4) is 5.75 Å². The molecule has 0 N–H and O–H groups in total. The fourth-order valence-electron chi connectivity index (χ4n) is 1.45. The average Bonchev–Trinajstić information content (AvgIpc) is 2.88. The maximum atomic E-state index is 11.3. The molecular weight excluding hydrogens is 286 g/mol. The van der Waals surface area contributed by atoms with Crippen LogP contribution in [0.15, 0.2) is 24.4 Å². The van der Waals surface area contributed by atoms with Gasteiger partial charge in [0.2, 0.25) is 0 Å². The number of esters is 1. The number of nitrogens with zero attached hydrogens (tertiary/aromatic N) is 1. The number of ether oxygens (including phenoxy) is 2. The Kier molecular flexibility index (Phi) is 4.39. The lowest BCUT2D eigenvalue weighted by atomic mass is 10.3. The lowest BCUT2D eigenvalue weighted by molar-refractivity contribution is 0.0606. The Labute approximate surface area is 120 Å². The summed E-state index contributed by atoms with van der Waals surface area (Å²) < 4.78 is 10.3. The van der Waals surface area contributed by atoms with E-state index >= 15 is 0 Å². The third-order valence-corrected chi connectivity index (χ3v) is 3.67. The number of thiophene rings is 1. The van der Waals surface area contributed by atoms with Crippen molar-refractivity contribution in [3.05, 3.63) is 44.9 Å². The number of aryl methyl sites for hydroxylation is 1. The van der Waals surface area contributed by atoms with Crippen LogP contribution in [0.1, 0.15) is 20.2 Å². The predicted octanol–water partition coefficient (Wildman–Crippen LogP) is 3.47.